The van der Waals surface area contributed by atoms with Gasteiger partial charge in [0.05, 0.1) is 6.61 Å². The van der Waals surface area contributed by atoms with Gasteiger partial charge in [-0.15, -0.1) is 0 Å². The fourth-order valence-corrected chi connectivity index (χ4v) is 5.38. The lowest BCUT2D eigenvalue weighted by atomic mass is 9.97. The molecule has 3 aromatic rings. The molecule has 1 aromatic heterocycles. The Kier molecular flexibility index (Phi) is 8.51. The van der Waals surface area contributed by atoms with Crippen LogP contribution in [0.4, 0.5) is 8.78 Å². The molecule has 210 valence electrons. The third kappa shape index (κ3) is 6.69. The fraction of sp³-hybridized carbons (Fsp3) is 0.407. The van der Waals surface area contributed by atoms with E-state index in [1.807, 2.05) is 50.2 Å². The third-order valence-electron chi connectivity index (χ3n) is 6.51. The van der Waals surface area contributed by atoms with Crippen molar-refractivity contribution in [3.05, 3.63) is 99.2 Å². The number of aromatic nitrogens is 2. The van der Waals surface area contributed by atoms with Gasteiger partial charge in [0.15, 0.2) is 18.0 Å². The minimum absolute atomic E-state index is 0.0576. The van der Waals surface area contributed by atoms with Crippen molar-refractivity contribution >= 4 is 7.75 Å². The van der Waals surface area contributed by atoms with Crippen LogP contribution in [-0.2, 0) is 31.5 Å². The summed E-state index contributed by atoms with van der Waals surface area (Å²) >= 11 is 0. The first-order valence-corrected chi connectivity index (χ1v) is 13.9. The number of rotatable bonds is 10. The van der Waals surface area contributed by atoms with Crippen LogP contribution in [0.25, 0.3) is 0 Å². The van der Waals surface area contributed by atoms with Gasteiger partial charge >= 0.3 is 13.4 Å². The van der Waals surface area contributed by atoms with E-state index in [0.29, 0.717) is 11.3 Å². The molecule has 1 unspecified atom stereocenters. The van der Waals surface area contributed by atoms with Crippen LogP contribution >= 0.6 is 7.75 Å². The number of nitrogens with one attached hydrogen (secondary N) is 1. The van der Waals surface area contributed by atoms with Crippen molar-refractivity contribution in [3.8, 4) is 0 Å². The second-order valence-corrected chi connectivity index (χ2v) is 11.7. The molecule has 0 radical (unpaired) electrons. The molecule has 9 nitrogen and oxygen atoms in total. The number of benzene rings is 2. The molecule has 1 saturated heterocycles. The molecule has 12 heteroatoms. The molecule has 4 rings (SSSR count). The van der Waals surface area contributed by atoms with Crippen LogP contribution in [0.15, 0.2) is 65.6 Å². The highest BCUT2D eigenvalue weighted by Gasteiger charge is 2.65. The molecule has 0 saturated carbocycles. The van der Waals surface area contributed by atoms with Crippen molar-refractivity contribution in [1.82, 2.24) is 14.6 Å². The summed E-state index contributed by atoms with van der Waals surface area (Å²) in [5.41, 5.74) is 0.251. The van der Waals surface area contributed by atoms with Gasteiger partial charge in [-0.1, -0.05) is 59.7 Å². The van der Waals surface area contributed by atoms with Crippen molar-refractivity contribution in [1.29, 1.82) is 0 Å². The SMILES string of the molecule is Cc1ccc(CNP(=O)(OCc2ccc(C)cc2)OC[C@@]2(F)O[C@@H](n3ccc(C)nc3=O)[C@](C)(F)[C@@H]2O)cc1. The number of aliphatic hydroxyl groups is 1. The third-order valence-corrected chi connectivity index (χ3v) is 7.99. The van der Waals surface area contributed by atoms with Gasteiger partial charge in [-0.3, -0.25) is 13.6 Å². The highest BCUT2D eigenvalue weighted by Crippen LogP contribution is 2.51. The summed E-state index contributed by atoms with van der Waals surface area (Å²) in [7, 11) is -4.23. The van der Waals surface area contributed by atoms with Crippen LogP contribution in [0.3, 0.4) is 0 Å². The Morgan fingerprint density at radius 2 is 1.62 bits per heavy atom. The lowest BCUT2D eigenvalue weighted by Crippen LogP contribution is -2.47. The van der Waals surface area contributed by atoms with E-state index in [9.17, 15) is 14.5 Å². The van der Waals surface area contributed by atoms with Gasteiger partial charge in [0.25, 0.3) is 5.85 Å². The summed E-state index contributed by atoms with van der Waals surface area (Å²) in [5.74, 6) is -3.16. The van der Waals surface area contributed by atoms with Gasteiger partial charge in [-0.2, -0.15) is 4.98 Å². The lowest BCUT2D eigenvalue weighted by Gasteiger charge is -2.27. The number of alkyl halides is 2. The van der Waals surface area contributed by atoms with E-state index >= 15 is 8.78 Å². The van der Waals surface area contributed by atoms with Crippen LogP contribution in [0.5, 0.6) is 0 Å². The summed E-state index contributed by atoms with van der Waals surface area (Å²) in [6.07, 6.45) is -3.04. The Balaban J connectivity index is 1.53. The summed E-state index contributed by atoms with van der Waals surface area (Å²) in [5, 5.41) is 13.3. The van der Waals surface area contributed by atoms with Gasteiger partial charge in [0, 0.05) is 18.4 Å². The van der Waals surface area contributed by atoms with Crippen molar-refractivity contribution < 1.29 is 32.2 Å². The molecule has 2 N–H and O–H groups in total. The van der Waals surface area contributed by atoms with Crippen molar-refractivity contribution in [2.24, 2.45) is 0 Å². The van der Waals surface area contributed by atoms with E-state index in [2.05, 4.69) is 10.1 Å². The minimum Gasteiger partial charge on any atom is -0.384 e. The summed E-state index contributed by atoms with van der Waals surface area (Å²) in [6.45, 7) is 5.09. The fourth-order valence-electron chi connectivity index (χ4n) is 4.08. The number of nitrogens with zero attached hydrogens (tertiary/aromatic N) is 2. The molecule has 0 bridgehead atoms. The number of aliphatic hydroxyl groups excluding tert-OH is 1. The first-order valence-electron chi connectivity index (χ1n) is 12.4. The average molecular weight is 564 g/mol. The Bertz CT molecular complexity index is 1350. The molecule has 0 amide bonds. The van der Waals surface area contributed by atoms with Crippen LogP contribution in [0, 0.1) is 20.8 Å². The number of halogens is 2. The molecule has 1 aliphatic rings. The predicted molar refractivity (Wildman–Crippen MR) is 140 cm³/mol. The molecule has 39 heavy (non-hydrogen) atoms. The zero-order chi connectivity index (χ0) is 28.4. The molecule has 1 aliphatic heterocycles. The van der Waals surface area contributed by atoms with Gasteiger partial charge in [0.2, 0.25) is 0 Å². The van der Waals surface area contributed by atoms with Gasteiger partial charge in [-0.25, -0.2) is 23.2 Å². The topological polar surface area (TPSA) is 112 Å². The van der Waals surface area contributed by atoms with Crippen molar-refractivity contribution in [2.75, 3.05) is 6.61 Å². The molecule has 2 heterocycles. The smallest absolute Gasteiger partial charge is 0.384 e. The standard InChI is InChI=1S/C27H32F2N3O6P/c1-18-5-9-21(10-6-18)15-30-39(35,36-16-22-11-7-19(2)8-12-22)37-17-27(29)23(33)26(4,28)24(38-27)32-14-13-20(3)31-25(32)34/h5-14,23-24,33H,15-17H2,1-4H3,(H,30,35)/t23-,24+,26+,27+,39?/m0/s1. The Morgan fingerprint density at radius 3 is 2.21 bits per heavy atom. The van der Waals surface area contributed by atoms with Crippen molar-refractivity contribution in [3.63, 3.8) is 0 Å². The number of aryl methyl sites for hydroxylation is 3. The normalized spacial score (nSPS) is 26.4. The summed E-state index contributed by atoms with van der Waals surface area (Å²) < 4.78 is 62.2. The maximum absolute atomic E-state index is 15.9. The highest BCUT2D eigenvalue weighted by atomic mass is 31.2. The highest BCUT2D eigenvalue weighted by molar-refractivity contribution is 7.51. The van der Waals surface area contributed by atoms with E-state index in [0.717, 1.165) is 28.2 Å². The van der Waals surface area contributed by atoms with E-state index in [-0.39, 0.29) is 13.2 Å². The maximum atomic E-state index is 15.9. The molecule has 0 aliphatic carbocycles. The second-order valence-electron chi connectivity index (χ2n) is 9.92. The van der Waals surface area contributed by atoms with Gasteiger partial charge in [-0.05, 0) is 44.9 Å². The zero-order valence-corrected chi connectivity index (χ0v) is 23.0. The first-order chi connectivity index (χ1) is 18.3. The lowest BCUT2D eigenvalue weighted by molar-refractivity contribution is -0.204. The Hall–Kier alpha value is -2.79. The van der Waals surface area contributed by atoms with Crippen LogP contribution in [-0.4, -0.2) is 38.9 Å². The van der Waals surface area contributed by atoms with E-state index in [1.165, 1.54) is 12.3 Å². The maximum Gasteiger partial charge on any atom is 0.406 e. The second kappa shape index (κ2) is 11.4. The quantitative estimate of drug-likeness (QED) is 0.345. The number of hydrogen-bond donors (Lipinski definition) is 2. The van der Waals surface area contributed by atoms with Crippen LogP contribution in [0.1, 0.15) is 41.1 Å². The Morgan fingerprint density at radius 1 is 1.03 bits per heavy atom. The van der Waals surface area contributed by atoms with Crippen LogP contribution < -0.4 is 10.8 Å². The molecular formula is C27H32F2N3O6P. The first kappa shape index (κ1) is 29.2. The zero-order valence-electron chi connectivity index (χ0n) is 22.1. The molecule has 5 atom stereocenters. The molecule has 1 fully saturated rings. The largest absolute Gasteiger partial charge is 0.406 e. The average Bonchev–Trinajstić information content (AvgIpc) is 3.07. The number of hydrogen-bond acceptors (Lipinski definition) is 7. The minimum atomic E-state index is -4.23. The number of ether oxygens (including phenoxy) is 1. The summed E-state index contributed by atoms with van der Waals surface area (Å²) in [4.78, 5) is 16.0. The van der Waals surface area contributed by atoms with Crippen molar-refractivity contribution in [2.45, 2.75) is 64.7 Å². The Labute approximate surface area is 225 Å². The van der Waals surface area contributed by atoms with E-state index in [4.69, 9.17) is 13.8 Å². The summed E-state index contributed by atoms with van der Waals surface area (Å²) in [6, 6.07) is 16.1. The molecule has 2 aromatic carbocycles. The van der Waals surface area contributed by atoms with E-state index < -0.39 is 43.9 Å². The van der Waals surface area contributed by atoms with Crippen LogP contribution in [0.2, 0.25) is 0 Å². The van der Waals surface area contributed by atoms with E-state index in [1.54, 1.807) is 19.1 Å². The van der Waals surface area contributed by atoms with Gasteiger partial charge < -0.3 is 9.84 Å². The molecule has 0 spiro atoms. The molecular weight excluding hydrogens is 531 g/mol. The monoisotopic (exact) mass is 563 g/mol. The predicted octanol–water partition coefficient (Wildman–Crippen LogP) is 4.58. The van der Waals surface area contributed by atoms with Gasteiger partial charge in [0.1, 0.15) is 6.61 Å².